The zero-order valence-corrected chi connectivity index (χ0v) is 20.0. The number of hydrogen-bond donors (Lipinski definition) is 1. The minimum atomic E-state index is -2.56. The van der Waals surface area contributed by atoms with Gasteiger partial charge in [-0.05, 0) is 36.6 Å². The van der Waals surface area contributed by atoms with E-state index in [0.717, 1.165) is 12.2 Å². The molecule has 0 aliphatic rings. The highest BCUT2D eigenvalue weighted by molar-refractivity contribution is 8.00. The average Bonchev–Trinajstić information content (AvgIpc) is 3.18. The van der Waals surface area contributed by atoms with Crippen LogP contribution in [0.2, 0.25) is 0 Å². The van der Waals surface area contributed by atoms with E-state index in [4.69, 9.17) is 4.74 Å². The number of nitrogens with zero attached hydrogens (tertiary/aromatic N) is 3. The van der Waals surface area contributed by atoms with Crippen LogP contribution in [-0.4, -0.2) is 32.2 Å². The van der Waals surface area contributed by atoms with Gasteiger partial charge >= 0.3 is 0 Å². The Morgan fingerprint density at radius 2 is 1.82 bits per heavy atom. The van der Waals surface area contributed by atoms with E-state index in [1.54, 1.807) is 24.3 Å². The second-order valence-corrected chi connectivity index (χ2v) is 9.52. The van der Waals surface area contributed by atoms with E-state index in [2.05, 4.69) is 29.4 Å². The monoisotopic (exact) mass is 492 g/mol. The zero-order chi connectivity index (χ0) is 23.6. The van der Waals surface area contributed by atoms with Crippen LogP contribution >= 0.6 is 23.5 Å². The molecule has 0 fully saturated rings. The summed E-state index contributed by atoms with van der Waals surface area (Å²) in [5.74, 6) is -0.880. The summed E-state index contributed by atoms with van der Waals surface area (Å²) in [7, 11) is 0. The number of aromatic nitrogens is 3. The summed E-state index contributed by atoms with van der Waals surface area (Å²) in [6.07, 6.45) is 0.925. The van der Waals surface area contributed by atoms with Crippen LogP contribution in [0.5, 0.6) is 5.75 Å². The number of amides is 1. The van der Waals surface area contributed by atoms with Crippen molar-refractivity contribution in [3.63, 3.8) is 0 Å². The average molecular weight is 493 g/mol. The Bertz CT molecular complexity index is 1030. The molecule has 0 unspecified atom stereocenters. The second kappa shape index (κ2) is 12.6. The van der Waals surface area contributed by atoms with Gasteiger partial charge in [0.1, 0.15) is 12.4 Å². The molecule has 0 atom stereocenters. The van der Waals surface area contributed by atoms with E-state index in [0.29, 0.717) is 45.8 Å². The SMILES string of the molecule is CC(C)CCn1c(COc2ccccc2)nnc1SCC(=O)Nc1ccccc1SC(F)F. The Balaban J connectivity index is 1.64. The standard InChI is InChI=1S/C23H26F2N4O2S2/c1-16(2)12-13-29-20(14-31-17-8-4-3-5-9-17)27-28-23(29)32-15-21(30)26-18-10-6-7-11-19(18)33-22(24)25/h3-11,16,22H,12-15H2,1-2H3,(H,26,30). The molecule has 0 saturated carbocycles. The third-order valence-electron chi connectivity index (χ3n) is 4.54. The lowest BCUT2D eigenvalue weighted by molar-refractivity contribution is -0.113. The van der Waals surface area contributed by atoms with Gasteiger partial charge in [-0.1, -0.05) is 67.7 Å². The number of para-hydroxylation sites is 2. The fourth-order valence-electron chi connectivity index (χ4n) is 2.89. The maximum absolute atomic E-state index is 12.8. The molecular formula is C23H26F2N4O2S2. The molecule has 1 heterocycles. The van der Waals surface area contributed by atoms with Gasteiger partial charge in [0.25, 0.3) is 5.76 Å². The molecule has 1 N–H and O–H groups in total. The molecule has 1 aromatic heterocycles. The quantitative estimate of drug-likeness (QED) is 0.315. The van der Waals surface area contributed by atoms with Crippen molar-refractivity contribution >= 4 is 35.1 Å². The first-order chi connectivity index (χ1) is 15.9. The molecule has 10 heteroatoms. The molecular weight excluding hydrogens is 466 g/mol. The number of ether oxygens (including phenoxy) is 1. The Hall–Kier alpha value is -2.59. The Kier molecular flexibility index (Phi) is 9.56. The molecule has 33 heavy (non-hydrogen) atoms. The van der Waals surface area contributed by atoms with Crippen LogP contribution in [0.3, 0.4) is 0 Å². The van der Waals surface area contributed by atoms with Gasteiger partial charge in [-0.25, -0.2) is 0 Å². The minimum Gasteiger partial charge on any atom is -0.486 e. The molecule has 0 aliphatic heterocycles. The van der Waals surface area contributed by atoms with Crippen molar-refractivity contribution in [3.8, 4) is 5.75 Å². The lowest BCUT2D eigenvalue weighted by Crippen LogP contribution is -2.16. The fraction of sp³-hybridized carbons (Fsp3) is 0.348. The lowest BCUT2D eigenvalue weighted by Gasteiger charge is -2.13. The van der Waals surface area contributed by atoms with Crippen LogP contribution in [0.25, 0.3) is 0 Å². The van der Waals surface area contributed by atoms with Crippen LogP contribution in [0.4, 0.5) is 14.5 Å². The highest BCUT2D eigenvalue weighted by Gasteiger charge is 2.17. The largest absolute Gasteiger partial charge is 0.486 e. The topological polar surface area (TPSA) is 69.0 Å². The van der Waals surface area contributed by atoms with Crippen molar-refractivity contribution in [2.75, 3.05) is 11.1 Å². The second-order valence-electron chi connectivity index (χ2n) is 7.55. The Labute approximate surface area is 200 Å². The fourth-order valence-corrected chi connectivity index (χ4v) is 4.27. The van der Waals surface area contributed by atoms with Crippen molar-refractivity contribution in [2.45, 2.75) is 49.2 Å². The molecule has 0 saturated heterocycles. The molecule has 1 amide bonds. The first kappa shape index (κ1) is 25.0. The van der Waals surface area contributed by atoms with E-state index in [1.807, 2.05) is 34.9 Å². The van der Waals surface area contributed by atoms with Crippen LogP contribution in [-0.2, 0) is 17.9 Å². The normalized spacial score (nSPS) is 11.2. The Morgan fingerprint density at radius 3 is 2.55 bits per heavy atom. The predicted molar refractivity (Wildman–Crippen MR) is 128 cm³/mol. The van der Waals surface area contributed by atoms with Gasteiger partial charge in [0.05, 0.1) is 11.4 Å². The van der Waals surface area contributed by atoms with Crippen molar-refractivity contribution in [1.29, 1.82) is 0 Å². The number of alkyl halides is 2. The van der Waals surface area contributed by atoms with Gasteiger partial charge < -0.3 is 14.6 Å². The molecule has 0 spiro atoms. The van der Waals surface area contributed by atoms with Gasteiger partial charge in [-0.2, -0.15) is 8.78 Å². The zero-order valence-electron chi connectivity index (χ0n) is 18.4. The van der Waals surface area contributed by atoms with Gasteiger partial charge in [-0.15, -0.1) is 10.2 Å². The van der Waals surface area contributed by atoms with Gasteiger partial charge in [0, 0.05) is 11.4 Å². The predicted octanol–water partition coefficient (Wildman–Crippen LogP) is 5.95. The highest BCUT2D eigenvalue weighted by atomic mass is 32.2. The summed E-state index contributed by atoms with van der Waals surface area (Å²) in [5.41, 5.74) is 0.367. The van der Waals surface area contributed by atoms with Crippen molar-refractivity contribution in [2.24, 2.45) is 5.92 Å². The summed E-state index contributed by atoms with van der Waals surface area (Å²) < 4.78 is 33.3. The summed E-state index contributed by atoms with van der Waals surface area (Å²) in [4.78, 5) is 12.8. The maximum Gasteiger partial charge on any atom is 0.288 e. The van der Waals surface area contributed by atoms with Crippen LogP contribution in [0, 0.1) is 5.92 Å². The number of carbonyl (C=O) groups is 1. The number of anilines is 1. The summed E-state index contributed by atoms with van der Waals surface area (Å²) >= 11 is 1.66. The van der Waals surface area contributed by atoms with E-state index < -0.39 is 5.76 Å². The minimum absolute atomic E-state index is 0.0764. The van der Waals surface area contributed by atoms with E-state index in [1.165, 1.54) is 11.8 Å². The van der Waals surface area contributed by atoms with Crippen LogP contribution < -0.4 is 10.1 Å². The molecule has 176 valence electrons. The first-order valence-corrected chi connectivity index (χ1v) is 12.3. The molecule has 3 aromatic rings. The summed E-state index contributed by atoms with van der Waals surface area (Å²) in [6, 6.07) is 16.0. The molecule has 0 radical (unpaired) electrons. The molecule has 0 bridgehead atoms. The molecule has 3 rings (SSSR count). The number of halogens is 2. The Morgan fingerprint density at radius 1 is 1.09 bits per heavy atom. The number of nitrogens with one attached hydrogen (secondary N) is 1. The highest BCUT2D eigenvalue weighted by Crippen LogP contribution is 2.32. The van der Waals surface area contributed by atoms with Crippen LogP contribution in [0.1, 0.15) is 26.1 Å². The van der Waals surface area contributed by atoms with Gasteiger partial charge in [0.15, 0.2) is 11.0 Å². The number of hydrogen-bond acceptors (Lipinski definition) is 6. The molecule has 0 aliphatic carbocycles. The molecule has 2 aromatic carbocycles. The third kappa shape index (κ3) is 8.04. The number of rotatable bonds is 12. The first-order valence-electron chi connectivity index (χ1n) is 10.5. The van der Waals surface area contributed by atoms with Crippen LogP contribution in [0.15, 0.2) is 64.6 Å². The van der Waals surface area contributed by atoms with E-state index >= 15 is 0 Å². The van der Waals surface area contributed by atoms with Crippen molar-refractivity contribution in [3.05, 3.63) is 60.4 Å². The number of carbonyl (C=O) groups excluding carboxylic acids is 1. The summed E-state index contributed by atoms with van der Waals surface area (Å²) in [6.45, 7) is 5.25. The molecule has 6 nitrogen and oxygen atoms in total. The van der Waals surface area contributed by atoms with E-state index in [-0.39, 0.29) is 18.3 Å². The number of thioether (sulfide) groups is 2. The van der Waals surface area contributed by atoms with Gasteiger partial charge in [-0.3, -0.25) is 4.79 Å². The van der Waals surface area contributed by atoms with Crippen molar-refractivity contribution in [1.82, 2.24) is 14.8 Å². The van der Waals surface area contributed by atoms with E-state index in [9.17, 15) is 13.6 Å². The summed E-state index contributed by atoms with van der Waals surface area (Å²) in [5, 5.41) is 11.9. The van der Waals surface area contributed by atoms with Gasteiger partial charge in [0.2, 0.25) is 5.91 Å². The lowest BCUT2D eigenvalue weighted by atomic mass is 10.1. The maximum atomic E-state index is 12.8. The van der Waals surface area contributed by atoms with Crippen molar-refractivity contribution < 1.29 is 18.3 Å². The third-order valence-corrected chi connectivity index (χ3v) is 6.30. The smallest absolute Gasteiger partial charge is 0.288 e. The number of benzene rings is 2.